The van der Waals surface area contributed by atoms with Crippen molar-refractivity contribution in [1.82, 2.24) is 10.2 Å². The second kappa shape index (κ2) is 8.35. The van der Waals surface area contributed by atoms with Gasteiger partial charge in [-0.05, 0) is 31.7 Å². The van der Waals surface area contributed by atoms with Gasteiger partial charge in [-0.1, -0.05) is 27.7 Å². The maximum Gasteiger partial charge on any atom is 0.153 e. The summed E-state index contributed by atoms with van der Waals surface area (Å²) in [5, 5.41) is 3.35. The topological polar surface area (TPSA) is 49.4 Å². The highest BCUT2D eigenvalue weighted by atomic mass is 32.2. The zero-order chi connectivity index (χ0) is 15.2. The van der Waals surface area contributed by atoms with Crippen LogP contribution in [0.3, 0.4) is 0 Å². The third-order valence-corrected chi connectivity index (χ3v) is 5.86. The fourth-order valence-electron chi connectivity index (χ4n) is 3.07. The number of nitrogens with zero attached hydrogens (tertiary/aromatic N) is 1. The molecule has 0 aromatic carbocycles. The molecule has 0 aromatic rings. The van der Waals surface area contributed by atoms with E-state index in [9.17, 15) is 8.42 Å². The highest BCUT2D eigenvalue weighted by Crippen LogP contribution is 2.14. The Hall–Kier alpha value is -0.130. The molecular weight excluding hydrogens is 272 g/mol. The second-order valence-electron chi connectivity index (χ2n) is 6.41. The van der Waals surface area contributed by atoms with Crippen LogP contribution in [0.15, 0.2) is 0 Å². The molecular formula is C15H32N2O2S. The first-order valence-electron chi connectivity index (χ1n) is 8.05. The molecule has 0 amide bonds. The predicted molar refractivity (Wildman–Crippen MR) is 85.8 cm³/mol. The Balaban J connectivity index is 2.52. The van der Waals surface area contributed by atoms with Gasteiger partial charge in [-0.2, -0.15) is 0 Å². The number of hydrogen-bond donors (Lipinski definition) is 1. The summed E-state index contributed by atoms with van der Waals surface area (Å²) < 4.78 is 23.4. The third-order valence-electron chi connectivity index (χ3n) is 4.12. The Morgan fingerprint density at radius 3 is 2.40 bits per heavy atom. The lowest BCUT2D eigenvalue weighted by atomic mass is 10.1. The molecule has 0 spiro atoms. The molecule has 0 saturated carbocycles. The van der Waals surface area contributed by atoms with Crippen molar-refractivity contribution in [3.05, 3.63) is 0 Å². The van der Waals surface area contributed by atoms with Crippen molar-refractivity contribution in [3.8, 4) is 0 Å². The van der Waals surface area contributed by atoms with Gasteiger partial charge in [0, 0.05) is 25.2 Å². The molecule has 1 atom stereocenters. The Labute approximate surface area is 125 Å². The predicted octanol–water partition coefficient (Wildman–Crippen LogP) is 1.91. The van der Waals surface area contributed by atoms with Crippen molar-refractivity contribution >= 4 is 9.84 Å². The summed E-state index contributed by atoms with van der Waals surface area (Å²) in [6, 6.07) is 0.760. The number of sulfone groups is 1. The molecule has 0 radical (unpaired) electrons. The van der Waals surface area contributed by atoms with Gasteiger partial charge in [-0.15, -0.1) is 0 Å². The normalized spacial score (nSPS) is 22.9. The maximum absolute atomic E-state index is 11.7. The van der Waals surface area contributed by atoms with Crippen LogP contribution in [0, 0.1) is 5.92 Å². The average molecular weight is 305 g/mol. The maximum atomic E-state index is 11.7. The van der Waals surface area contributed by atoms with Gasteiger partial charge in [-0.3, -0.25) is 0 Å². The second-order valence-corrected chi connectivity index (χ2v) is 8.64. The number of hydrogen-bond acceptors (Lipinski definition) is 4. The first kappa shape index (κ1) is 17.9. The molecule has 1 aliphatic heterocycles. The quantitative estimate of drug-likeness (QED) is 0.744. The van der Waals surface area contributed by atoms with Crippen LogP contribution in [0.2, 0.25) is 0 Å². The third kappa shape index (κ3) is 6.10. The van der Waals surface area contributed by atoms with Gasteiger partial charge in [0.25, 0.3) is 0 Å². The Kier molecular flexibility index (Phi) is 7.48. The Morgan fingerprint density at radius 2 is 1.90 bits per heavy atom. The fraction of sp³-hybridized carbons (Fsp3) is 1.00. The zero-order valence-electron chi connectivity index (χ0n) is 13.6. The molecule has 1 heterocycles. The number of rotatable bonds is 8. The molecule has 1 aliphatic rings. The molecule has 5 heteroatoms. The van der Waals surface area contributed by atoms with Crippen LogP contribution in [0.4, 0.5) is 0 Å². The monoisotopic (exact) mass is 304 g/mol. The molecule has 0 aliphatic carbocycles. The van der Waals surface area contributed by atoms with Gasteiger partial charge < -0.3 is 10.2 Å². The minimum atomic E-state index is -2.82. The van der Waals surface area contributed by atoms with E-state index in [-0.39, 0.29) is 6.04 Å². The lowest BCUT2D eigenvalue weighted by Gasteiger charge is -2.34. The SMILES string of the molecule is CCC(CC)N(CCC1CS(=O)(=O)CCN1)CC(C)C. The largest absolute Gasteiger partial charge is 0.312 e. The van der Waals surface area contributed by atoms with Crippen LogP contribution < -0.4 is 5.32 Å². The van der Waals surface area contributed by atoms with E-state index in [1.807, 2.05) is 0 Å². The van der Waals surface area contributed by atoms with E-state index in [2.05, 4.69) is 37.9 Å². The van der Waals surface area contributed by atoms with E-state index in [1.165, 1.54) is 12.8 Å². The van der Waals surface area contributed by atoms with Crippen LogP contribution in [-0.4, -0.2) is 56.5 Å². The van der Waals surface area contributed by atoms with Crippen molar-refractivity contribution < 1.29 is 8.42 Å². The molecule has 0 aromatic heterocycles. The molecule has 20 heavy (non-hydrogen) atoms. The summed E-state index contributed by atoms with van der Waals surface area (Å²) in [7, 11) is -2.82. The zero-order valence-corrected chi connectivity index (χ0v) is 14.4. The van der Waals surface area contributed by atoms with Gasteiger partial charge in [0.1, 0.15) is 0 Å². The Morgan fingerprint density at radius 1 is 1.25 bits per heavy atom. The standard InChI is InChI=1S/C15H32N2O2S/c1-5-15(6-2)17(11-13(3)4)9-7-14-12-20(18,19)10-8-16-14/h13-16H,5-12H2,1-4H3. The van der Waals surface area contributed by atoms with Gasteiger partial charge in [0.2, 0.25) is 0 Å². The van der Waals surface area contributed by atoms with Gasteiger partial charge >= 0.3 is 0 Å². The summed E-state index contributed by atoms with van der Waals surface area (Å²) >= 11 is 0. The van der Waals surface area contributed by atoms with Gasteiger partial charge in [-0.25, -0.2) is 8.42 Å². The van der Waals surface area contributed by atoms with E-state index in [1.54, 1.807) is 0 Å². The molecule has 1 rings (SSSR count). The fourth-order valence-corrected chi connectivity index (χ4v) is 4.56. The molecule has 0 bridgehead atoms. The summed E-state index contributed by atoms with van der Waals surface area (Å²) in [6.45, 7) is 11.7. The number of nitrogens with one attached hydrogen (secondary N) is 1. The summed E-state index contributed by atoms with van der Waals surface area (Å²) in [6.07, 6.45) is 3.27. The molecule has 120 valence electrons. The van der Waals surface area contributed by atoms with E-state index in [0.29, 0.717) is 30.0 Å². The lowest BCUT2D eigenvalue weighted by molar-refractivity contribution is 0.159. The highest BCUT2D eigenvalue weighted by molar-refractivity contribution is 7.91. The first-order chi connectivity index (χ1) is 9.38. The first-order valence-corrected chi connectivity index (χ1v) is 9.88. The minimum Gasteiger partial charge on any atom is -0.312 e. The molecule has 1 fully saturated rings. The minimum absolute atomic E-state index is 0.137. The lowest BCUT2D eigenvalue weighted by Crippen LogP contribution is -2.47. The van der Waals surface area contributed by atoms with Crippen LogP contribution in [-0.2, 0) is 9.84 Å². The summed E-state index contributed by atoms with van der Waals surface area (Å²) in [4.78, 5) is 2.55. The van der Waals surface area contributed by atoms with E-state index in [4.69, 9.17) is 0 Å². The molecule has 1 saturated heterocycles. The summed E-state index contributed by atoms with van der Waals surface area (Å²) in [5.74, 6) is 1.26. The smallest absolute Gasteiger partial charge is 0.153 e. The van der Waals surface area contributed by atoms with Crippen molar-refractivity contribution in [2.45, 2.75) is 59.0 Å². The van der Waals surface area contributed by atoms with Crippen molar-refractivity contribution in [2.24, 2.45) is 5.92 Å². The van der Waals surface area contributed by atoms with Crippen LogP contribution in [0.5, 0.6) is 0 Å². The van der Waals surface area contributed by atoms with Crippen LogP contribution in [0.1, 0.15) is 47.0 Å². The van der Waals surface area contributed by atoms with E-state index in [0.717, 1.165) is 19.5 Å². The molecule has 1 unspecified atom stereocenters. The van der Waals surface area contributed by atoms with Crippen LogP contribution >= 0.6 is 0 Å². The van der Waals surface area contributed by atoms with Crippen LogP contribution in [0.25, 0.3) is 0 Å². The molecule has 4 nitrogen and oxygen atoms in total. The highest BCUT2D eigenvalue weighted by Gasteiger charge is 2.25. The van der Waals surface area contributed by atoms with Crippen molar-refractivity contribution in [3.63, 3.8) is 0 Å². The van der Waals surface area contributed by atoms with Crippen molar-refractivity contribution in [1.29, 1.82) is 0 Å². The molecule has 1 N–H and O–H groups in total. The van der Waals surface area contributed by atoms with Gasteiger partial charge in [0.05, 0.1) is 11.5 Å². The van der Waals surface area contributed by atoms with E-state index < -0.39 is 9.84 Å². The Bertz CT molecular complexity index is 364. The van der Waals surface area contributed by atoms with Crippen molar-refractivity contribution in [2.75, 3.05) is 31.1 Å². The average Bonchev–Trinajstić information content (AvgIpc) is 2.35. The van der Waals surface area contributed by atoms with E-state index >= 15 is 0 Å². The summed E-state index contributed by atoms with van der Waals surface area (Å²) in [5.41, 5.74) is 0. The van der Waals surface area contributed by atoms with Gasteiger partial charge in [0.15, 0.2) is 9.84 Å².